The third-order valence-corrected chi connectivity index (χ3v) is 8.90. The second-order valence-corrected chi connectivity index (χ2v) is 10.2. The maximum absolute atomic E-state index is 13.7. The van der Waals surface area contributed by atoms with Gasteiger partial charge < -0.3 is 13.8 Å². The minimum atomic E-state index is -3.39. The number of hydrogen-bond donors (Lipinski definition) is 0. The molecule has 0 fully saturated rings. The second-order valence-electron chi connectivity index (χ2n) is 5.51. The number of nitrogens with zero attached hydrogens (tertiary/aromatic N) is 1. The minimum absolute atomic E-state index is 0.0210. The standard InChI is InChI=1S/C18H28NO4PS2/c1-5-21-16-13-15(14-9-11-19-12-10-14)17(18(26-16)25-8-4)24(20,22-6-2)23-7-3/h9-12,15-16H,5-8,13H2,1-4H3/t15-,16-/m1/s1. The topological polar surface area (TPSA) is 57.7 Å². The van der Waals surface area contributed by atoms with Gasteiger partial charge in [-0.25, -0.2) is 0 Å². The van der Waals surface area contributed by atoms with Gasteiger partial charge in [0.2, 0.25) is 0 Å². The summed E-state index contributed by atoms with van der Waals surface area (Å²) in [5, 5.41) is 0.778. The summed E-state index contributed by atoms with van der Waals surface area (Å²) >= 11 is 3.32. The van der Waals surface area contributed by atoms with Crippen LogP contribution >= 0.6 is 31.1 Å². The first-order valence-corrected chi connectivity index (χ1v) is 12.4. The molecular weight excluding hydrogens is 389 g/mol. The number of pyridine rings is 1. The van der Waals surface area contributed by atoms with Crippen molar-refractivity contribution in [2.24, 2.45) is 0 Å². The van der Waals surface area contributed by atoms with Gasteiger partial charge in [0, 0.05) is 24.9 Å². The molecule has 1 aliphatic heterocycles. The van der Waals surface area contributed by atoms with Gasteiger partial charge in [0.05, 0.1) is 22.8 Å². The Bertz CT molecular complexity index is 631. The quantitative estimate of drug-likeness (QED) is 0.442. The van der Waals surface area contributed by atoms with Crippen LogP contribution in [0.25, 0.3) is 0 Å². The van der Waals surface area contributed by atoms with E-state index >= 15 is 0 Å². The van der Waals surface area contributed by atoms with E-state index in [1.54, 1.807) is 35.9 Å². The molecule has 0 radical (unpaired) electrons. The van der Waals surface area contributed by atoms with Crippen LogP contribution in [-0.2, 0) is 18.3 Å². The van der Waals surface area contributed by atoms with Crippen molar-refractivity contribution < 1.29 is 18.3 Å². The van der Waals surface area contributed by atoms with Crippen LogP contribution in [0.1, 0.15) is 45.6 Å². The first-order chi connectivity index (χ1) is 12.6. The molecule has 0 unspecified atom stereocenters. The Balaban J connectivity index is 2.58. The van der Waals surface area contributed by atoms with E-state index in [-0.39, 0.29) is 11.4 Å². The van der Waals surface area contributed by atoms with Crippen molar-refractivity contribution in [3.05, 3.63) is 39.6 Å². The number of ether oxygens (including phenoxy) is 1. The summed E-state index contributed by atoms with van der Waals surface area (Å²) in [5.74, 6) is 0.806. The van der Waals surface area contributed by atoms with E-state index in [1.165, 1.54) is 0 Å². The van der Waals surface area contributed by atoms with Crippen LogP contribution in [0.5, 0.6) is 0 Å². The van der Waals surface area contributed by atoms with Crippen LogP contribution in [0.3, 0.4) is 0 Å². The van der Waals surface area contributed by atoms with Crippen LogP contribution in [0.2, 0.25) is 0 Å². The fourth-order valence-electron chi connectivity index (χ4n) is 2.91. The Morgan fingerprint density at radius 1 is 1.15 bits per heavy atom. The zero-order valence-electron chi connectivity index (χ0n) is 15.8. The van der Waals surface area contributed by atoms with Crippen LogP contribution in [0, 0.1) is 0 Å². The van der Waals surface area contributed by atoms with Gasteiger partial charge in [-0.3, -0.25) is 9.55 Å². The van der Waals surface area contributed by atoms with Crippen LogP contribution in [0.15, 0.2) is 34.1 Å². The third-order valence-electron chi connectivity index (χ3n) is 3.84. The molecule has 0 N–H and O–H groups in total. The molecule has 0 aromatic carbocycles. The first-order valence-electron chi connectivity index (χ1n) is 9.04. The molecule has 0 amide bonds. The predicted molar refractivity (Wildman–Crippen MR) is 111 cm³/mol. The molecule has 1 aromatic rings. The Morgan fingerprint density at radius 3 is 2.35 bits per heavy atom. The van der Waals surface area contributed by atoms with Gasteiger partial charge in [0.25, 0.3) is 0 Å². The molecule has 2 rings (SSSR count). The predicted octanol–water partition coefficient (Wildman–Crippen LogP) is 5.85. The Labute approximate surface area is 165 Å². The van der Waals surface area contributed by atoms with Gasteiger partial charge in [-0.15, -0.1) is 11.8 Å². The van der Waals surface area contributed by atoms with Crippen LogP contribution in [-0.4, -0.2) is 36.0 Å². The van der Waals surface area contributed by atoms with Crippen LogP contribution in [0.4, 0.5) is 0 Å². The lowest BCUT2D eigenvalue weighted by Crippen LogP contribution is -2.21. The fraction of sp³-hybridized carbons (Fsp3) is 0.611. The maximum atomic E-state index is 13.7. The Morgan fingerprint density at radius 2 is 1.81 bits per heavy atom. The summed E-state index contributed by atoms with van der Waals surface area (Å²) in [6.07, 6.45) is 4.27. The summed E-state index contributed by atoms with van der Waals surface area (Å²) in [4.78, 5) is 4.12. The highest BCUT2D eigenvalue weighted by molar-refractivity contribution is 8.22. The van der Waals surface area contributed by atoms with Gasteiger partial charge in [-0.2, -0.15) is 0 Å². The largest absolute Gasteiger partial charge is 0.367 e. The van der Waals surface area contributed by atoms with Crippen molar-refractivity contribution in [1.29, 1.82) is 0 Å². The van der Waals surface area contributed by atoms with E-state index in [2.05, 4.69) is 11.9 Å². The zero-order chi connectivity index (χ0) is 19.0. The minimum Gasteiger partial charge on any atom is -0.367 e. The van der Waals surface area contributed by atoms with Crippen molar-refractivity contribution in [1.82, 2.24) is 4.98 Å². The van der Waals surface area contributed by atoms with Gasteiger partial charge in [0.15, 0.2) is 0 Å². The smallest absolute Gasteiger partial charge is 0.359 e. The van der Waals surface area contributed by atoms with E-state index in [0.717, 1.165) is 27.3 Å². The van der Waals surface area contributed by atoms with Crippen LogP contribution < -0.4 is 0 Å². The summed E-state index contributed by atoms with van der Waals surface area (Å²) in [6, 6.07) is 3.94. The van der Waals surface area contributed by atoms with Gasteiger partial charge >= 0.3 is 7.60 Å². The van der Waals surface area contributed by atoms with E-state index in [4.69, 9.17) is 13.8 Å². The van der Waals surface area contributed by atoms with Crippen molar-refractivity contribution in [3.8, 4) is 0 Å². The number of hydrogen-bond acceptors (Lipinski definition) is 7. The van der Waals surface area contributed by atoms with E-state index in [0.29, 0.717) is 19.8 Å². The molecule has 2 heterocycles. The van der Waals surface area contributed by atoms with E-state index in [1.807, 2.05) is 32.9 Å². The lowest BCUT2D eigenvalue weighted by Gasteiger charge is -2.35. The SMILES string of the molecule is CCO[C@H]1C[C@H](c2ccncc2)C(P(=O)(OCC)OCC)=C(SCC)S1. The third kappa shape index (κ3) is 5.37. The normalized spacial score (nSPS) is 21.2. The summed E-state index contributed by atoms with van der Waals surface area (Å²) < 4.78 is 32.1. The molecule has 1 aromatic heterocycles. The first kappa shape index (κ1) is 22.0. The summed E-state index contributed by atoms with van der Waals surface area (Å²) in [5.41, 5.74) is 1.08. The molecule has 26 heavy (non-hydrogen) atoms. The number of rotatable bonds is 10. The number of allylic oxidation sites excluding steroid dienone is 1. The monoisotopic (exact) mass is 417 g/mol. The molecule has 2 atom stereocenters. The highest BCUT2D eigenvalue weighted by Gasteiger charge is 2.43. The summed E-state index contributed by atoms with van der Waals surface area (Å²) in [7, 11) is -3.39. The van der Waals surface area contributed by atoms with Gasteiger partial charge in [-0.05, 0) is 50.6 Å². The molecular formula is C18H28NO4PS2. The van der Waals surface area contributed by atoms with E-state index in [9.17, 15) is 4.57 Å². The lowest BCUT2D eigenvalue weighted by atomic mass is 9.96. The molecule has 0 aliphatic carbocycles. The highest BCUT2D eigenvalue weighted by atomic mass is 32.2. The Kier molecular flexibility index (Phi) is 9.21. The van der Waals surface area contributed by atoms with Crippen molar-refractivity contribution in [2.45, 2.75) is 45.5 Å². The molecule has 1 aliphatic rings. The zero-order valence-corrected chi connectivity index (χ0v) is 18.4. The summed E-state index contributed by atoms with van der Waals surface area (Å²) in [6.45, 7) is 9.11. The van der Waals surface area contributed by atoms with Crippen molar-refractivity contribution >= 4 is 31.1 Å². The molecule has 146 valence electrons. The van der Waals surface area contributed by atoms with Crippen molar-refractivity contribution in [2.75, 3.05) is 25.6 Å². The van der Waals surface area contributed by atoms with Crippen molar-refractivity contribution in [3.63, 3.8) is 0 Å². The second kappa shape index (κ2) is 10.9. The average Bonchev–Trinajstić information content (AvgIpc) is 2.63. The average molecular weight is 418 g/mol. The maximum Gasteiger partial charge on any atom is 0.359 e. The lowest BCUT2D eigenvalue weighted by molar-refractivity contribution is 0.115. The fourth-order valence-corrected chi connectivity index (χ4v) is 8.32. The highest BCUT2D eigenvalue weighted by Crippen LogP contribution is 2.67. The molecule has 0 bridgehead atoms. The number of aromatic nitrogens is 1. The molecule has 0 spiro atoms. The molecule has 8 heteroatoms. The Hall–Kier alpha value is -0.300. The molecule has 0 saturated carbocycles. The van der Waals surface area contributed by atoms with E-state index < -0.39 is 7.60 Å². The molecule has 0 saturated heterocycles. The number of thioether (sulfide) groups is 2. The molecule has 5 nitrogen and oxygen atoms in total. The van der Waals surface area contributed by atoms with Gasteiger partial charge in [-0.1, -0.05) is 18.7 Å². The van der Waals surface area contributed by atoms with Gasteiger partial charge in [0.1, 0.15) is 5.44 Å².